The Morgan fingerprint density at radius 3 is 2.57 bits per heavy atom. The average Bonchev–Trinajstić information content (AvgIpc) is 3.36. The molecular weight excluding hydrogens is 378 g/mol. The van der Waals surface area contributed by atoms with Crippen molar-refractivity contribution < 1.29 is 14.1 Å². The van der Waals surface area contributed by atoms with E-state index in [1.807, 2.05) is 61.2 Å². The molecule has 6 nitrogen and oxygen atoms in total. The standard InChI is InChI=1S/C24H27N3O3/c1-4-5-13-29-20-11-9-18(10-12-20)23-25-24(30-26-23)19-14-21(28)27(15-19)22-16(2)7-6-8-17(22)3/h6-12,19H,4-5,13-15H2,1-3H3. The molecule has 1 amide bonds. The van der Waals surface area contributed by atoms with Crippen LogP contribution in [0.3, 0.4) is 0 Å². The van der Waals surface area contributed by atoms with Gasteiger partial charge >= 0.3 is 0 Å². The summed E-state index contributed by atoms with van der Waals surface area (Å²) in [6.45, 7) is 7.47. The van der Waals surface area contributed by atoms with Crippen LogP contribution in [0, 0.1) is 13.8 Å². The zero-order valence-electron chi connectivity index (χ0n) is 17.7. The second-order valence-electron chi connectivity index (χ2n) is 7.83. The second kappa shape index (κ2) is 8.69. The minimum Gasteiger partial charge on any atom is -0.494 e. The number of rotatable bonds is 7. The van der Waals surface area contributed by atoms with Gasteiger partial charge in [-0.25, -0.2) is 0 Å². The van der Waals surface area contributed by atoms with Crippen molar-refractivity contribution in [3.63, 3.8) is 0 Å². The van der Waals surface area contributed by atoms with E-state index in [9.17, 15) is 4.79 Å². The van der Waals surface area contributed by atoms with E-state index in [2.05, 4.69) is 17.1 Å². The zero-order chi connectivity index (χ0) is 21.1. The van der Waals surface area contributed by atoms with E-state index in [-0.39, 0.29) is 11.8 Å². The van der Waals surface area contributed by atoms with Gasteiger partial charge in [-0.05, 0) is 55.7 Å². The van der Waals surface area contributed by atoms with Crippen LogP contribution in [-0.2, 0) is 4.79 Å². The quantitative estimate of drug-likeness (QED) is 0.514. The van der Waals surface area contributed by atoms with Crippen LogP contribution in [0.4, 0.5) is 5.69 Å². The molecule has 2 aromatic carbocycles. The first-order valence-electron chi connectivity index (χ1n) is 10.5. The summed E-state index contributed by atoms with van der Waals surface area (Å²) in [6, 6.07) is 13.8. The van der Waals surface area contributed by atoms with Crippen molar-refractivity contribution in [3.8, 4) is 17.1 Å². The molecule has 30 heavy (non-hydrogen) atoms. The summed E-state index contributed by atoms with van der Waals surface area (Å²) >= 11 is 0. The molecule has 4 rings (SSSR count). The lowest BCUT2D eigenvalue weighted by molar-refractivity contribution is -0.117. The Hall–Kier alpha value is -3.15. The monoisotopic (exact) mass is 405 g/mol. The first-order chi connectivity index (χ1) is 14.6. The molecule has 156 valence electrons. The number of hydrogen-bond acceptors (Lipinski definition) is 5. The largest absolute Gasteiger partial charge is 0.494 e. The number of ether oxygens (including phenoxy) is 1. The number of hydrogen-bond donors (Lipinski definition) is 0. The number of aryl methyl sites for hydroxylation is 2. The number of carbonyl (C=O) groups is 1. The van der Waals surface area contributed by atoms with Gasteiger partial charge in [0.05, 0.1) is 12.5 Å². The van der Waals surface area contributed by atoms with Crippen molar-refractivity contribution in [3.05, 3.63) is 59.5 Å². The second-order valence-corrected chi connectivity index (χ2v) is 7.83. The van der Waals surface area contributed by atoms with Crippen molar-refractivity contribution in [1.29, 1.82) is 0 Å². The third-order valence-electron chi connectivity index (χ3n) is 5.50. The highest BCUT2D eigenvalue weighted by Crippen LogP contribution is 2.35. The van der Waals surface area contributed by atoms with Gasteiger partial charge in [-0.15, -0.1) is 0 Å². The van der Waals surface area contributed by atoms with Crippen molar-refractivity contribution in [2.45, 2.75) is 46.0 Å². The summed E-state index contributed by atoms with van der Waals surface area (Å²) in [5.41, 5.74) is 4.04. The number of para-hydroxylation sites is 1. The number of amides is 1. The molecule has 1 saturated heterocycles. The van der Waals surface area contributed by atoms with Gasteiger partial charge in [-0.2, -0.15) is 4.98 Å². The van der Waals surface area contributed by atoms with Crippen LogP contribution < -0.4 is 9.64 Å². The smallest absolute Gasteiger partial charge is 0.232 e. The minimum atomic E-state index is -0.102. The van der Waals surface area contributed by atoms with Crippen molar-refractivity contribution >= 4 is 11.6 Å². The number of benzene rings is 2. The fourth-order valence-electron chi connectivity index (χ4n) is 3.87. The predicted molar refractivity (Wildman–Crippen MR) is 116 cm³/mol. The molecule has 1 aromatic heterocycles. The number of carbonyl (C=O) groups excluding carboxylic acids is 1. The maximum absolute atomic E-state index is 12.7. The van der Waals surface area contributed by atoms with Gasteiger partial charge in [0.2, 0.25) is 17.6 Å². The van der Waals surface area contributed by atoms with E-state index in [0.717, 1.165) is 47.6 Å². The zero-order valence-corrected chi connectivity index (χ0v) is 17.7. The molecule has 0 aliphatic carbocycles. The van der Waals surface area contributed by atoms with Crippen LogP contribution in [0.25, 0.3) is 11.4 Å². The van der Waals surface area contributed by atoms with Gasteiger partial charge in [-0.3, -0.25) is 4.79 Å². The lowest BCUT2D eigenvalue weighted by Crippen LogP contribution is -2.26. The van der Waals surface area contributed by atoms with Gasteiger partial charge in [0.25, 0.3) is 0 Å². The molecule has 0 spiro atoms. The Balaban J connectivity index is 1.47. The Morgan fingerprint density at radius 1 is 1.13 bits per heavy atom. The molecule has 0 radical (unpaired) electrons. The van der Waals surface area contributed by atoms with Crippen molar-refractivity contribution in [1.82, 2.24) is 10.1 Å². The Bertz CT molecular complexity index is 1010. The first-order valence-corrected chi connectivity index (χ1v) is 10.5. The van der Waals surface area contributed by atoms with Crippen molar-refractivity contribution in [2.75, 3.05) is 18.1 Å². The minimum absolute atomic E-state index is 0.0886. The molecule has 1 aliphatic rings. The molecule has 6 heteroatoms. The fraction of sp³-hybridized carbons (Fsp3) is 0.375. The average molecular weight is 405 g/mol. The summed E-state index contributed by atoms with van der Waals surface area (Å²) in [7, 11) is 0. The summed E-state index contributed by atoms with van der Waals surface area (Å²) in [4.78, 5) is 19.1. The molecule has 1 atom stereocenters. The molecule has 1 unspecified atom stereocenters. The number of unbranched alkanes of at least 4 members (excludes halogenated alkanes) is 1. The molecule has 0 bridgehead atoms. The molecule has 1 fully saturated rings. The Labute approximate surface area is 176 Å². The van der Waals surface area contributed by atoms with E-state index in [4.69, 9.17) is 9.26 Å². The summed E-state index contributed by atoms with van der Waals surface area (Å²) in [5.74, 6) is 1.86. The maximum atomic E-state index is 12.7. The van der Waals surface area contributed by atoms with Gasteiger partial charge < -0.3 is 14.2 Å². The van der Waals surface area contributed by atoms with Crippen LogP contribution in [0.1, 0.15) is 49.1 Å². The van der Waals surface area contributed by atoms with E-state index in [1.54, 1.807) is 0 Å². The Morgan fingerprint density at radius 2 is 1.87 bits per heavy atom. The van der Waals surface area contributed by atoms with E-state index in [0.29, 0.717) is 24.7 Å². The highest BCUT2D eigenvalue weighted by atomic mass is 16.5. The van der Waals surface area contributed by atoms with E-state index < -0.39 is 0 Å². The first kappa shape index (κ1) is 20.1. The summed E-state index contributed by atoms with van der Waals surface area (Å²) in [6.07, 6.45) is 2.52. The van der Waals surface area contributed by atoms with E-state index >= 15 is 0 Å². The molecule has 3 aromatic rings. The molecule has 0 N–H and O–H groups in total. The number of aromatic nitrogens is 2. The number of anilines is 1. The normalized spacial score (nSPS) is 16.3. The van der Waals surface area contributed by atoms with Crippen LogP contribution >= 0.6 is 0 Å². The summed E-state index contributed by atoms with van der Waals surface area (Å²) in [5, 5.41) is 4.14. The predicted octanol–water partition coefficient (Wildman–Crippen LogP) is 5.05. The SMILES string of the molecule is CCCCOc1ccc(-c2noc(C3CC(=O)N(c4c(C)cccc4C)C3)n2)cc1. The van der Waals surface area contributed by atoms with Crippen LogP contribution in [0.2, 0.25) is 0 Å². The van der Waals surface area contributed by atoms with Gasteiger partial charge in [0.15, 0.2) is 0 Å². The Kier molecular flexibility index (Phi) is 5.84. The van der Waals surface area contributed by atoms with Crippen LogP contribution in [0.5, 0.6) is 5.75 Å². The fourth-order valence-corrected chi connectivity index (χ4v) is 3.87. The third-order valence-corrected chi connectivity index (χ3v) is 5.50. The maximum Gasteiger partial charge on any atom is 0.232 e. The lowest BCUT2D eigenvalue weighted by atomic mass is 10.1. The molecule has 2 heterocycles. The molecule has 1 aliphatic heterocycles. The van der Waals surface area contributed by atoms with Crippen LogP contribution in [-0.4, -0.2) is 29.2 Å². The van der Waals surface area contributed by atoms with Gasteiger partial charge in [0.1, 0.15) is 5.75 Å². The lowest BCUT2D eigenvalue weighted by Gasteiger charge is -2.21. The van der Waals surface area contributed by atoms with Gasteiger partial charge in [-0.1, -0.05) is 36.7 Å². The van der Waals surface area contributed by atoms with Crippen LogP contribution in [0.15, 0.2) is 47.0 Å². The van der Waals surface area contributed by atoms with Gasteiger partial charge in [0, 0.05) is 24.2 Å². The summed E-state index contributed by atoms with van der Waals surface area (Å²) < 4.78 is 11.2. The topological polar surface area (TPSA) is 68.5 Å². The highest BCUT2D eigenvalue weighted by Gasteiger charge is 2.36. The van der Waals surface area contributed by atoms with E-state index in [1.165, 1.54) is 0 Å². The molecule has 0 saturated carbocycles. The third kappa shape index (κ3) is 4.08. The molecular formula is C24H27N3O3. The highest BCUT2D eigenvalue weighted by molar-refractivity contribution is 5.97. The number of nitrogens with zero attached hydrogens (tertiary/aromatic N) is 3. The van der Waals surface area contributed by atoms with Crippen molar-refractivity contribution in [2.24, 2.45) is 0 Å².